The average Bonchev–Trinajstić information content (AvgIpc) is 3.32. The molecule has 1 aliphatic heterocycles. The molecule has 1 unspecified atom stereocenters. The molecule has 0 bridgehead atoms. The largest absolute Gasteiger partial charge is 0.357 e. The van der Waals surface area contributed by atoms with Crippen LogP contribution in [0.2, 0.25) is 0 Å². The minimum atomic E-state index is -0.219. The summed E-state index contributed by atoms with van der Waals surface area (Å²) in [7, 11) is 0. The molecule has 1 saturated heterocycles. The first-order valence-corrected chi connectivity index (χ1v) is 10.4. The molecule has 0 aliphatic carbocycles. The van der Waals surface area contributed by atoms with E-state index >= 15 is 0 Å². The van der Waals surface area contributed by atoms with Crippen LogP contribution in [-0.2, 0) is 4.74 Å². The molecule has 0 saturated carbocycles. The molecule has 1 aliphatic rings. The van der Waals surface area contributed by atoms with Crippen molar-refractivity contribution in [2.45, 2.75) is 52.2 Å². The van der Waals surface area contributed by atoms with E-state index in [9.17, 15) is 4.39 Å². The van der Waals surface area contributed by atoms with Gasteiger partial charge in [-0.2, -0.15) is 5.10 Å². The SMILES string of the molecule is Cc1c2cc(C(C)C)n(-c3ccc(F)cc3)c2cc2cn(C3CCCCO3)nc12. The van der Waals surface area contributed by atoms with Gasteiger partial charge in [-0.05, 0) is 74.1 Å². The maximum atomic E-state index is 13.5. The van der Waals surface area contributed by atoms with Gasteiger partial charge in [-0.25, -0.2) is 9.07 Å². The zero-order valence-corrected chi connectivity index (χ0v) is 17.2. The van der Waals surface area contributed by atoms with E-state index in [-0.39, 0.29) is 12.0 Å². The second-order valence-corrected chi connectivity index (χ2v) is 8.34. The zero-order chi connectivity index (χ0) is 20.1. The van der Waals surface area contributed by atoms with E-state index < -0.39 is 0 Å². The van der Waals surface area contributed by atoms with Gasteiger partial charge in [0.2, 0.25) is 0 Å². The van der Waals surface area contributed by atoms with E-state index in [4.69, 9.17) is 9.84 Å². The number of aromatic nitrogens is 3. The van der Waals surface area contributed by atoms with Crippen LogP contribution in [0.3, 0.4) is 0 Å². The van der Waals surface area contributed by atoms with E-state index in [1.165, 1.54) is 35.2 Å². The summed E-state index contributed by atoms with van der Waals surface area (Å²) in [6.45, 7) is 7.32. The fraction of sp³-hybridized carbons (Fsp3) is 0.375. The number of hydrogen-bond acceptors (Lipinski definition) is 2. The van der Waals surface area contributed by atoms with Crippen LogP contribution in [0.1, 0.15) is 56.5 Å². The molecule has 5 rings (SSSR count). The molecule has 4 aromatic rings. The first-order valence-electron chi connectivity index (χ1n) is 10.4. The predicted octanol–water partition coefficient (Wildman–Crippen LogP) is 6.25. The summed E-state index contributed by atoms with van der Waals surface area (Å²) in [4.78, 5) is 0. The van der Waals surface area contributed by atoms with E-state index in [0.717, 1.165) is 41.6 Å². The molecule has 1 atom stereocenters. The lowest BCUT2D eigenvalue weighted by atomic mass is 10.1. The number of nitrogens with zero attached hydrogens (tertiary/aromatic N) is 3. The fourth-order valence-electron chi connectivity index (χ4n) is 4.45. The molecule has 0 amide bonds. The molecule has 5 heteroatoms. The van der Waals surface area contributed by atoms with Crippen LogP contribution in [0.15, 0.2) is 42.6 Å². The Hall–Kier alpha value is -2.66. The van der Waals surface area contributed by atoms with Crippen LogP contribution in [0.4, 0.5) is 4.39 Å². The Kier molecular flexibility index (Phi) is 4.43. The highest BCUT2D eigenvalue weighted by Crippen LogP contribution is 2.35. The Morgan fingerprint density at radius 1 is 1.14 bits per heavy atom. The smallest absolute Gasteiger partial charge is 0.150 e. The Bertz CT molecular complexity index is 1180. The molecule has 2 aromatic carbocycles. The van der Waals surface area contributed by atoms with Crippen molar-refractivity contribution in [3.63, 3.8) is 0 Å². The first-order chi connectivity index (χ1) is 14.0. The van der Waals surface area contributed by atoms with Gasteiger partial charge < -0.3 is 9.30 Å². The molecule has 3 heterocycles. The minimum Gasteiger partial charge on any atom is -0.357 e. The van der Waals surface area contributed by atoms with Crippen molar-refractivity contribution in [2.75, 3.05) is 6.61 Å². The van der Waals surface area contributed by atoms with Crippen LogP contribution in [0.25, 0.3) is 27.5 Å². The monoisotopic (exact) mass is 391 g/mol. The van der Waals surface area contributed by atoms with Crippen LogP contribution in [0, 0.1) is 12.7 Å². The van der Waals surface area contributed by atoms with Gasteiger partial charge in [-0.1, -0.05) is 13.8 Å². The lowest BCUT2D eigenvalue weighted by molar-refractivity contribution is -0.0390. The highest BCUT2D eigenvalue weighted by Gasteiger charge is 2.21. The summed E-state index contributed by atoms with van der Waals surface area (Å²) in [5.74, 6) is 0.124. The molecule has 0 spiro atoms. The maximum Gasteiger partial charge on any atom is 0.150 e. The van der Waals surface area contributed by atoms with Crippen molar-refractivity contribution in [2.24, 2.45) is 0 Å². The topological polar surface area (TPSA) is 32.0 Å². The van der Waals surface area contributed by atoms with E-state index in [1.54, 1.807) is 0 Å². The van der Waals surface area contributed by atoms with Crippen LogP contribution in [0.5, 0.6) is 0 Å². The van der Waals surface area contributed by atoms with Gasteiger partial charge in [0.25, 0.3) is 0 Å². The molecule has 1 fully saturated rings. The first kappa shape index (κ1) is 18.4. The number of benzene rings is 2. The Balaban J connectivity index is 1.73. The van der Waals surface area contributed by atoms with Crippen molar-refractivity contribution in [1.29, 1.82) is 0 Å². The number of fused-ring (bicyclic) bond motifs is 2. The van der Waals surface area contributed by atoms with Crippen molar-refractivity contribution in [3.8, 4) is 5.69 Å². The summed E-state index contributed by atoms with van der Waals surface area (Å²) in [5, 5.41) is 7.19. The van der Waals surface area contributed by atoms with E-state index in [1.807, 2.05) is 16.8 Å². The van der Waals surface area contributed by atoms with Crippen LogP contribution in [-0.4, -0.2) is 21.0 Å². The fourth-order valence-corrected chi connectivity index (χ4v) is 4.45. The third-order valence-electron chi connectivity index (χ3n) is 6.01. The third-order valence-corrected chi connectivity index (χ3v) is 6.01. The molecular formula is C24H26FN3O. The quantitative estimate of drug-likeness (QED) is 0.413. The van der Waals surface area contributed by atoms with Crippen LogP contribution >= 0.6 is 0 Å². The molecule has 0 radical (unpaired) electrons. The van der Waals surface area contributed by atoms with Gasteiger partial charge in [-0.15, -0.1) is 0 Å². The van der Waals surface area contributed by atoms with Crippen molar-refractivity contribution < 1.29 is 9.13 Å². The Labute approximate surface area is 169 Å². The Morgan fingerprint density at radius 3 is 2.62 bits per heavy atom. The predicted molar refractivity (Wildman–Crippen MR) is 114 cm³/mol. The maximum absolute atomic E-state index is 13.5. The number of aryl methyl sites for hydroxylation is 1. The lowest BCUT2D eigenvalue weighted by Crippen LogP contribution is -2.18. The lowest BCUT2D eigenvalue weighted by Gasteiger charge is -2.22. The van der Waals surface area contributed by atoms with Gasteiger partial charge >= 0.3 is 0 Å². The van der Waals surface area contributed by atoms with E-state index in [0.29, 0.717) is 5.92 Å². The Morgan fingerprint density at radius 2 is 1.93 bits per heavy atom. The van der Waals surface area contributed by atoms with Crippen LogP contribution < -0.4 is 0 Å². The summed E-state index contributed by atoms with van der Waals surface area (Å²) < 4.78 is 23.7. The van der Waals surface area contributed by atoms with Gasteiger partial charge in [0.1, 0.15) is 12.0 Å². The van der Waals surface area contributed by atoms with Gasteiger partial charge in [0, 0.05) is 35.0 Å². The standard InChI is InChI=1S/C24H26FN3O/c1-15(2)21-13-20-16(3)24-17(14-27(26-24)23-6-4-5-11-29-23)12-22(20)28(21)19-9-7-18(25)8-10-19/h7-10,12-15,23H,4-6,11H2,1-3H3. The summed E-state index contributed by atoms with van der Waals surface area (Å²) in [6.07, 6.45) is 5.44. The summed E-state index contributed by atoms with van der Waals surface area (Å²) >= 11 is 0. The number of rotatable bonds is 3. The zero-order valence-electron chi connectivity index (χ0n) is 17.2. The number of hydrogen-bond donors (Lipinski definition) is 0. The molecule has 150 valence electrons. The molecule has 4 nitrogen and oxygen atoms in total. The normalized spacial score (nSPS) is 17.6. The highest BCUT2D eigenvalue weighted by atomic mass is 19.1. The molecule has 29 heavy (non-hydrogen) atoms. The minimum absolute atomic E-state index is 0.0281. The van der Waals surface area contributed by atoms with E-state index in [2.05, 4.69) is 43.7 Å². The second kappa shape index (κ2) is 6.99. The van der Waals surface area contributed by atoms with Crippen molar-refractivity contribution >= 4 is 21.8 Å². The molecular weight excluding hydrogens is 365 g/mol. The van der Waals surface area contributed by atoms with Crippen molar-refractivity contribution in [1.82, 2.24) is 14.3 Å². The van der Waals surface area contributed by atoms with Gasteiger partial charge in [0.05, 0.1) is 11.0 Å². The average molecular weight is 391 g/mol. The van der Waals surface area contributed by atoms with Gasteiger partial charge in [0.15, 0.2) is 0 Å². The molecule has 2 aromatic heterocycles. The summed E-state index contributed by atoms with van der Waals surface area (Å²) in [5.41, 5.74) is 5.53. The van der Waals surface area contributed by atoms with Crippen molar-refractivity contribution in [3.05, 3.63) is 59.7 Å². The highest BCUT2D eigenvalue weighted by molar-refractivity contribution is 6.00. The van der Waals surface area contributed by atoms with Gasteiger partial charge in [-0.3, -0.25) is 0 Å². The third kappa shape index (κ3) is 3.04. The number of halogens is 1. The number of ether oxygens (including phenoxy) is 1. The molecule has 0 N–H and O–H groups in total. The second-order valence-electron chi connectivity index (χ2n) is 8.34. The summed E-state index contributed by atoms with van der Waals surface area (Å²) in [6, 6.07) is 11.2.